The summed E-state index contributed by atoms with van der Waals surface area (Å²) in [5.41, 5.74) is 0.452. The second-order valence-electron chi connectivity index (χ2n) is 6.13. The molecule has 7 heteroatoms. The van der Waals surface area contributed by atoms with Crippen molar-refractivity contribution >= 4 is 33.9 Å². The third-order valence-electron chi connectivity index (χ3n) is 3.22. The van der Waals surface area contributed by atoms with Crippen LogP contribution in [0.3, 0.4) is 0 Å². The summed E-state index contributed by atoms with van der Waals surface area (Å²) in [6.45, 7) is 7.28. The van der Waals surface area contributed by atoms with Crippen LogP contribution in [-0.4, -0.2) is 14.3 Å². The van der Waals surface area contributed by atoms with Gasteiger partial charge in [0.1, 0.15) is 10.6 Å². The molecule has 2 rings (SSSR count). The molecular formula is C15H18ClFN2O2S. The van der Waals surface area contributed by atoms with E-state index in [2.05, 4.69) is 9.71 Å². The van der Waals surface area contributed by atoms with Crippen LogP contribution in [0.15, 0.2) is 23.0 Å². The Morgan fingerprint density at radius 1 is 1.36 bits per heavy atom. The predicted octanol–water partition coefficient (Wildman–Crippen LogP) is 3.43. The Balaban J connectivity index is 2.41. The minimum Gasteiger partial charge on any atom is -0.598 e. The van der Waals surface area contributed by atoms with Gasteiger partial charge in [-0.15, -0.1) is 4.72 Å². The van der Waals surface area contributed by atoms with E-state index in [9.17, 15) is 13.7 Å². The number of hydrogen-bond acceptors (Lipinski definition) is 3. The molecule has 2 N–H and O–H groups in total. The average Bonchev–Trinajstić information content (AvgIpc) is 2.38. The number of pyridine rings is 1. The van der Waals surface area contributed by atoms with Crippen molar-refractivity contribution in [1.82, 2.24) is 9.71 Å². The Labute approximate surface area is 136 Å². The number of nitrogens with one attached hydrogen (secondary N) is 2. The zero-order valence-corrected chi connectivity index (χ0v) is 14.4. The fourth-order valence-electron chi connectivity index (χ4n) is 1.94. The summed E-state index contributed by atoms with van der Waals surface area (Å²) >= 11 is 4.47. The SMILES string of the molecule is CC(N[S+]([O-])C(C)(C)C)c1cc2cc(Cl)c(F)cc2[nH]c1=O. The molecule has 1 heterocycles. The van der Waals surface area contributed by atoms with E-state index in [1.807, 2.05) is 20.8 Å². The molecule has 2 atom stereocenters. The Hall–Kier alpha value is -1.08. The van der Waals surface area contributed by atoms with Crippen molar-refractivity contribution in [1.29, 1.82) is 0 Å². The summed E-state index contributed by atoms with van der Waals surface area (Å²) in [7, 11) is 0. The van der Waals surface area contributed by atoms with Crippen LogP contribution in [-0.2, 0) is 11.4 Å². The normalized spacial score (nSPS) is 15.0. The van der Waals surface area contributed by atoms with Crippen LogP contribution in [0.4, 0.5) is 4.39 Å². The summed E-state index contributed by atoms with van der Waals surface area (Å²) < 4.78 is 28.0. The van der Waals surface area contributed by atoms with E-state index < -0.39 is 28.0 Å². The van der Waals surface area contributed by atoms with Gasteiger partial charge < -0.3 is 9.54 Å². The van der Waals surface area contributed by atoms with Crippen LogP contribution in [0.5, 0.6) is 0 Å². The molecule has 4 nitrogen and oxygen atoms in total. The van der Waals surface area contributed by atoms with E-state index in [4.69, 9.17) is 11.6 Å². The van der Waals surface area contributed by atoms with Crippen LogP contribution in [0.25, 0.3) is 10.9 Å². The second kappa shape index (κ2) is 6.20. The molecule has 22 heavy (non-hydrogen) atoms. The lowest BCUT2D eigenvalue weighted by Crippen LogP contribution is -2.41. The molecule has 120 valence electrons. The minimum absolute atomic E-state index is 0.00983. The van der Waals surface area contributed by atoms with Crippen molar-refractivity contribution in [3.8, 4) is 0 Å². The molecule has 0 bridgehead atoms. The number of hydrogen-bond donors (Lipinski definition) is 2. The smallest absolute Gasteiger partial charge is 0.253 e. The van der Waals surface area contributed by atoms with Gasteiger partial charge in [0.25, 0.3) is 5.56 Å². The third kappa shape index (κ3) is 3.63. The first-order chi connectivity index (χ1) is 10.1. The maximum atomic E-state index is 13.4. The van der Waals surface area contributed by atoms with Crippen LogP contribution in [0.1, 0.15) is 39.3 Å². The van der Waals surface area contributed by atoms with E-state index in [-0.39, 0.29) is 10.6 Å². The minimum atomic E-state index is -1.31. The van der Waals surface area contributed by atoms with Gasteiger partial charge in [0.15, 0.2) is 0 Å². The molecule has 0 radical (unpaired) electrons. The van der Waals surface area contributed by atoms with E-state index in [1.165, 1.54) is 12.1 Å². The van der Waals surface area contributed by atoms with Crippen molar-refractivity contribution in [3.05, 3.63) is 45.0 Å². The zero-order valence-electron chi connectivity index (χ0n) is 12.8. The van der Waals surface area contributed by atoms with Crippen LogP contribution in [0.2, 0.25) is 5.02 Å². The average molecular weight is 345 g/mol. The van der Waals surface area contributed by atoms with Crippen LogP contribution < -0.4 is 10.3 Å². The molecule has 0 aliphatic carbocycles. The van der Waals surface area contributed by atoms with Gasteiger partial charge in [-0.2, -0.15) is 0 Å². The van der Waals surface area contributed by atoms with Gasteiger partial charge in [-0.25, -0.2) is 4.39 Å². The second-order valence-corrected chi connectivity index (χ2v) is 8.53. The third-order valence-corrected chi connectivity index (χ3v) is 5.19. The largest absolute Gasteiger partial charge is 0.598 e. The number of aromatic nitrogens is 1. The fraction of sp³-hybridized carbons (Fsp3) is 0.400. The van der Waals surface area contributed by atoms with Gasteiger partial charge >= 0.3 is 0 Å². The van der Waals surface area contributed by atoms with Gasteiger partial charge in [-0.1, -0.05) is 11.6 Å². The number of aromatic amines is 1. The lowest BCUT2D eigenvalue weighted by Gasteiger charge is -2.26. The molecule has 0 aliphatic rings. The van der Waals surface area contributed by atoms with Gasteiger partial charge in [0, 0.05) is 22.3 Å². The Bertz CT molecular complexity index is 758. The molecule has 0 aliphatic heterocycles. The lowest BCUT2D eigenvalue weighted by molar-refractivity contribution is 0.530. The van der Waals surface area contributed by atoms with Gasteiger partial charge in [-0.3, -0.25) is 4.79 Å². The zero-order chi connectivity index (χ0) is 16.7. The molecule has 0 spiro atoms. The van der Waals surface area contributed by atoms with Crippen molar-refractivity contribution in [2.45, 2.75) is 38.5 Å². The van der Waals surface area contributed by atoms with Gasteiger partial charge in [0.05, 0.1) is 16.6 Å². The number of rotatable bonds is 3. The van der Waals surface area contributed by atoms with E-state index in [0.29, 0.717) is 16.5 Å². The maximum absolute atomic E-state index is 13.4. The van der Waals surface area contributed by atoms with Gasteiger partial charge in [0.2, 0.25) is 0 Å². The number of H-pyrrole nitrogens is 1. The summed E-state index contributed by atoms with van der Waals surface area (Å²) in [5, 5.41) is 0.612. The first kappa shape index (κ1) is 17.3. The Kier molecular flexibility index (Phi) is 4.87. The first-order valence-electron chi connectivity index (χ1n) is 6.79. The molecule has 1 aromatic carbocycles. The summed E-state index contributed by atoms with van der Waals surface area (Å²) in [5.74, 6) is -0.586. The molecule has 0 amide bonds. The van der Waals surface area contributed by atoms with Crippen molar-refractivity contribution in [2.24, 2.45) is 0 Å². The highest BCUT2D eigenvalue weighted by Crippen LogP contribution is 2.23. The quantitative estimate of drug-likeness (QED) is 0.838. The summed E-state index contributed by atoms with van der Waals surface area (Å²) in [6.07, 6.45) is 0. The van der Waals surface area contributed by atoms with E-state index in [0.717, 1.165) is 0 Å². The first-order valence-corrected chi connectivity index (χ1v) is 8.32. The molecule has 0 saturated carbocycles. The molecule has 2 aromatic rings. The van der Waals surface area contributed by atoms with Crippen molar-refractivity contribution < 1.29 is 8.94 Å². The van der Waals surface area contributed by atoms with E-state index >= 15 is 0 Å². The van der Waals surface area contributed by atoms with E-state index in [1.54, 1.807) is 13.0 Å². The predicted molar refractivity (Wildman–Crippen MR) is 89.0 cm³/mol. The van der Waals surface area contributed by atoms with Crippen molar-refractivity contribution in [2.75, 3.05) is 0 Å². The summed E-state index contributed by atoms with van der Waals surface area (Å²) in [4.78, 5) is 14.8. The number of benzene rings is 1. The Morgan fingerprint density at radius 2 is 2.00 bits per heavy atom. The molecule has 0 saturated heterocycles. The van der Waals surface area contributed by atoms with Crippen LogP contribution in [0, 0.1) is 5.82 Å². The molecule has 0 fully saturated rings. The van der Waals surface area contributed by atoms with Crippen LogP contribution >= 0.6 is 11.6 Å². The molecular weight excluding hydrogens is 327 g/mol. The lowest BCUT2D eigenvalue weighted by atomic mass is 10.1. The molecule has 2 unspecified atom stereocenters. The molecule has 1 aromatic heterocycles. The van der Waals surface area contributed by atoms with Crippen molar-refractivity contribution in [3.63, 3.8) is 0 Å². The highest BCUT2D eigenvalue weighted by Gasteiger charge is 2.29. The fourth-order valence-corrected chi connectivity index (χ4v) is 2.91. The Morgan fingerprint density at radius 3 is 2.59 bits per heavy atom. The monoisotopic (exact) mass is 344 g/mol. The highest BCUT2D eigenvalue weighted by atomic mass is 35.5. The topological polar surface area (TPSA) is 67.9 Å². The number of halogens is 2. The maximum Gasteiger partial charge on any atom is 0.253 e. The number of fused-ring (bicyclic) bond motifs is 1. The van der Waals surface area contributed by atoms with Gasteiger partial charge in [-0.05, 0) is 45.9 Å². The summed E-state index contributed by atoms with van der Waals surface area (Å²) in [6, 6.07) is 3.86. The standard InChI is InChI=1S/C15H18ClFN2O2S/c1-8(19-22(21)15(2,3)4)10-5-9-6-11(16)12(17)7-13(9)18-14(10)20/h5-8,19H,1-4H3,(H,18,20). The highest BCUT2D eigenvalue weighted by molar-refractivity contribution is 7.90.